The summed E-state index contributed by atoms with van der Waals surface area (Å²) in [6.45, 7) is 0.0268. The molecule has 186 valence electrons. The van der Waals surface area contributed by atoms with Gasteiger partial charge in [0, 0.05) is 39.6 Å². The van der Waals surface area contributed by atoms with Gasteiger partial charge < -0.3 is 14.1 Å². The molecule has 40 heavy (non-hydrogen) atoms. The second-order valence-electron chi connectivity index (χ2n) is 10.3. The molecule has 2 aromatic heterocycles. The summed E-state index contributed by atoms with van der Waals surface area (Å²) >= 11 is 0. The smallest absolute Gasteiger partial charge is 0.256 e. The van der Waals surface area contributed by atoms with Gasteiger partial charge in [0.1, 0.15) is 22.7 Å². The van der Waals surface area contributed by atoms with E-state index in [2.05, 4.69) is 113 Å². The lowest BCUT2D eigenvalue weighted by Gasteiger charge is -2.39. The van der Waals surface area contributed by atoms with Gasteiger partial charge in [-0.15, -0.1) is 0 Å². The Balaban J connectivity index is 1.30. The lowest BCUT2D eigenvalue weighted by molar-refractivity contribution is 0.488. The zero-order valence-corrected chi connectivity index (χ0v) is 21.4. The van der Waals surface area contributed by atoms with Gasteiger partial charge in [0.25, 0.3) is 6.71 Å². The number of nitrogens with zero attached hydrogens (tertiary/aromatic N) is 2. The molecule has 0 unspecified atom stereocenters. The summed E-state index contributed by atoms with van der Waals surface area (Å²) in [7, 11) is 0. The Morgan fingerprint density at radius 2 is 1.45 bits per heavy atom. The molecule has 9 rings (SSSR count). The van der Waals surface area contributed by atoms with Crippen LogP contribution in [0, 0.1) is 0 Å². The third-order valence-corrected chi connectivity index (χ3v) is 8.18. The minimum absolute atomic E-state index is 0.0268. The first-order valence-electron chi connectivity index (χ1n) is 13.5. The molecule has 2 aliphatic heterocycles. The maximum atomic E-state index is 6.68. The summed E-state index contributed by atoms with van der Waals surface area (Å²) in [6, 6.07) is 42.2. The van der Waals surface area contributed by atoms with Crippen molar-refractivity contribution in [2.45, 2.75) is 0 Å². The van der Waals surface area contributed by atoms with E-state index in [9.17, 15) is 0 Å². The Morgan fingerprint density at radius 3 is 2.35 bits per heavy atom. The number of pyridine rings is 1. The molecule has 5 aromatic carbocycles. The number of aromatic nitrogens is 1. The first-order chi connectivity index (χ1) is 19.8. The van der Waals surface area contributed by atoms with E-state index in [1.165, 1.54) is 16.6 Å². The van der Waals surface area contributed by atoms with E-state index >= 15 is 0 Å². The van der Waals surface area contributed by atoms with E-state index in [1.54, 1.807) is 0 Å². The van der Waals surface area contributed by atoms with Gasteiger partial charge in [0.15, 0.2) is 0 Å². The van der Waals surface area contributed by atoms with Crippen molar-refractivity contribution < 1.29 is 9.15 Å². The fraction of sp³-hybridized carbons (Fsp3) is 0. The van der Waals surface area contributed by atoms with Gasteiger partial charge in [-0.1, -0.05) is 60.7 Å². The molecule has 0 saturated heterocycles. The van der Waals surface area contributed by atoms with Gasteiger partial charge in [-0.3, -0.25) is 4.98 Å². The number of hydrogen-bond donors (Lipinski definition) is 0. The van der Waals surface area contributed by atoms with Crippen LogP contribution in [0.5, 0.6) is 11.5 Å². The first kappa shape index (κ1) is 21.6. The number of furan rings is 1. The van der Waals surface area contributed by atoms with Crippen LogP contribution < -0.4 is 26.0 Å². The second kappa shape index (κ2) is 8.11. The summed E-state index contributed by atoms with van der Waals surface area (Å²) < 4.78 is 13.3. The van der Waals surface area contributed by atoms with Gasteiger partial charge in [0.2, 0.25) is 0 Å². The second-order valence-corrected chi connectivity index (χ2v) is 10.3. The van der Waals surface area contributed by atoms with Crippen LogP contribution in [0.4, 0.5) is 17.1 Å². The lowest BCUT2D eigenvalue weighted by Crippen LogP contribution is -2.59. The van der Waals surface area contributed by atoms with E-state index in [4.69, 9.17) is 9.15 Å². The van der Waals surface area contributed by atoms with Crippen LogP contribution in [0.1, 0.15) is 0 Å². The predicted molar refractivity (Wildman–Crippen MR) is 163 cm³/mol. The van der Waals surface area contributed by atoms with Crippen LogP contribution in [0.25, 0.3) is 33.2 Å². The summed E-state index contributed by atoms with van der Waals surface area (Å²) in [5.41, 5.74) is 10.6. The first-order valence-corrected chi connectivity index (χ1v) is 13.5. The van der Waals surface area contributed by atoms with Crippen molar-refractivity contribution in [1.29, 1.82) is 0 Å². The van der Waals surface area contributed by atoms with E-state index < -0.39 is 0 Å². The highest BCUT2D eigenvalue weighted by Gasteiger charge is 2.41. The number of para-hydroxylation sites is 3. The molecule has 0 bridgehead atoms. The normalized spacial score (nSPS) is 13.1. The van der Waals surface area contributed by atoms with Crippen LogP contribution in [-0.4, -0.2) is 11.7 Å². The minimum atomic E-state index is 0.0268. The molecule has 2 aliphatic rings. The Bertz CT molecular complexity index is 2100. The molecule has 0 fully saturated rings. The third kappa shape index (κ3) is 2.94. The molecular weight excluding hydrogens is 491 g/mol. The van der Waals surface area contributed by atoms with Gasteiger partial charge in [-0.2, -0.15) is 0 Å². The topological polar surface area (TPSA) is 38.5 Å². The number of benzene rings is 5. The zero-order valence-electron chi connectivity index (χ0n) is 21.4. The van der Waals surface area contributed by atoms with Crippen molar-refractivity contribution in [3.8, 4) is 22.8 Å². The van der Waals surface area contributed by atoms with Crippen LogP contribution >= 0.6 is 0 Å². The van der Waals surface area contributed by atoms with Gasteiger partial charge in [-0.05, 0) is 77.1 Å². The Hall–Kier alpha value is -5.29. The average Bonchev–Trinajstić information content (AvgIpc) is 3.38. The number of anilines is 3. The SMILES string of the molecule is c1ccc(N2c3ccccc3B3c4cc5oc6c(-c7ccccn7)cccc6c5cc4Oc4cccc2c43)cc1. The minimum Gasteiger partial charge on any atom is -0.458 e. The molecule has 7 aromatic rings. The fourth-order valence-corrected chi connectivity index (χ4v) is 6.50. The molecule has 5 heteroatoms. The van der Waals surface area contributed by atoms with Crippen molar-refractivity contribution in [2.24, 2.45) is 0 Å². The van der Waals surface area contributed by atoms with E-state index in [-0.39, 0.29) is 6.71 Å². The van der Waals surface area contributed by atoms with Crippen molar-refractivity contribution in [1.82, 2.24) is 4.98 Å². The zero-order chi connectivity index (χ0) is 26.2. The molecule has 0 saturated carbocycles. The van der Waals surface area contributed by atoms with Crippen molar-refractivity contribution >= 4 is 62.1 Å². The number of rotatable bonds is 2. The summed E-state index contributed by atoms with van der Waals surface area (Å²) in [6.07, 6.45) is 1.82. The maximum Gasteiger partial charge on any atom is 0.256 e. The molecule has 0 aliphatic carbocycles. The molecule has 0 spiro atoms. The highest BCUT2D eigenvalue weighted by Crippen LogP contribution is 2.42. The Kier molecular flexibility index (Phi) is 4.38. The largest absolute Gasteiger partial charge is 0.458 e. The van der Waals surface area contributed by atoms with Gasteiger partial charge in [0.05, 0.1) is 5.69 Å². The summed E-state index contributed by atoms with van der Waals surface area (Å²) in [5.74, 6) is 1.77. The molecule has 0 N–H and O–H groups in total. The van der Waals surface area contributed by atoms with Crippen LogP contribution in [-0.2, 0) is 0 Å². The van der Waals surface area contributed by atoms with Crippen molar-refractivity contribution in [2.75, 3.05) is 4.90 Å². The molecule has 0 radical (unpaired) electrons. The highest BCUT2D eigenvalue weighted by molar-refractivity contribution is 6.99. The van der Waals surface area contributed by atoms with Crippen molar-refractivity contribution in [3.63, 3.8) is 0 Å². The van der Waals surface area contributed by atoms with Crippen LogP contribution in [0.15, 0.2) is 132 Å². The monoisotopic (exact) mass is 512 g/mol. The quantitative estimate of drug-likeness (QED) is 0.233. The summed E-state index contributed by atoms with van der Waals surface area (Å²) in [4.78, 5) is 6.93. The molecule has 0 amide bonds. The van der Waals surface area contributed by atoms with E-state index in [0.29, 0.717) is 0 Å². The lowest BCUT2D eigenvalue weighted by atomic mass is 9.34. The predicted octanol–water partition coefficient (Wildman–Crippen LogP) is 7.05. The third-order valence-electron chi connectivity index (χ3n) is 8.18. The molecule has 4 heterocycles. The number of fused-ring (bicyclic) bond motifs is 7. The van der Waals surface area contributed by atoms with Crippen LogP contribution in [0.2, 0.25) is 0 Å². The van der Waals surface area contributed by atoms with Crippen molar-refractivity contribution in [3.05, 3.63) is 128 Å². The highest BCUT2D eigenvalue weighted by atomic mass is 16.5. The maximum absolute atomic E-state index is 6.68. The number of ether oxygens (including phenoxy) is 1. The van der Waals surface area contributed by atoms with E-state index in [1.807, 2.05) is 24.4 Å². The molecule has 4 nitrogen and oxygen atoms in total. The Labute approximate surface area is 231 Å². The van der Waals surface area contributed by atoms with Gasteiger partial charge >= 0.3 is 0 Å². The van der Waals surface area contributed by atoms with Gasteiger partial charge in [-0.25, -0.2) is 0 Å². The fourth-order valence-electron chi connectivity index (χ4n) is 6.50. The number of hydrogen-bond acceptors (Lipinski definition) is 4. The Morgan fingerprint density at radius 1 is 0.625 bits per heavy atom. The van der Waals surface area contributed by atoms with Crippen LogP contribution in [0.3, 0.4) is 0 Å². The molecular formula is C35H21BN2O2. The summed E-state index contributed by atoms with van der Waals surface area (Å²) in [5, 5.41) is 2.10. The average molecular weight is 512 g/mol. The van der Waals surface area contributed by atoms with E-state index in [0.717, 1.165) is 61.5 Å². The molecule has 0 atom stereocenters. The standard InChI is InChI=1S/C35H21BN2O2/c1-2-10-22(11-3-1)38-29-16-5-4-14-26(29)36-27-21-32-25(20-33(27)39-31-18-9-17-30(38)34(31)36)23-12-8-13-24(35(23)40-32)28-15-6-7-19-37-28/h1-21H.